The van der Waals surface area contributed by atoms with Crippen LogP contribution in [0.3, 0.4) is 0 Å². The first-order valence-corrected chi connectivity index (χ1v) is 6.93. The molecule has 3 N–H and O–H groups in total. The lowest BCUT2D eigenvalue weighted by molar-refractivity contribution is -0.119. The number of amides is 1. The maximum absolute atomic E-state index is 12.3. The molecule has 104 valence electrons. The first-order chi connectivity index (χ1) is 9.08. The van der Waals surface area contributed by atoms with E-state index in [4.69, 9.17) is 0 Å². The Morgan fingerprint density at radius 1 is 1.32 bits per heavy atom. The minimum atomic E-state index is -0.158. The Bertz CT molecular complexity index is 419. The van der Waals surface area contributed by atoms with Crippen LogP contribution in [0, 0.1) is 5.92 Å². The van der Waals surface area contributed by atoms with Crippen molar-refractivity contribution in [1.82, 2.24) is 10.6 Å². The number of benzene rings is 1. The summed E-state index contributed by atoms with van der Waals surface area (Å²) in [5, 5.41) is 9.63. The van der Waals surface area contributed by atoms with Gasteiger partial charge in [-0.05, 0) is 25.0 Å². The van der Waals surface area contributed by atoms with Crippen LogP contribution < -0.4 is 16.0 Å². The van der Waals surface area contributed by atoms with Crippen LogP contribution in [-0.4, -0.2) is 30.6 Å². The molecule has 0 aromatic heterocycles. The van der Waals surface area contributed by atoms with Gasteiger partial charge in [0.2, 0.25) is 5.91 Å². The summed E-state index contributed by atoms with van der Waals surface area (Å²) in [6.07, 6.45) is 0. The van der Waals surface area contributed by atoms with E-state index in [1.807, 2.05) is 30.3 Å². The first kappa shape index (κ1) is 14.0. The quantitative estimate of drug-likeness (QED) is 0.682. The zero-order valence-corrected chi connectivity index (χ0v) is 11.8. The number of para-hydroxylation sites is 1. The van der Waals surface area contributed by atoms with Crippen molar-refractivity contribution < 1.29 is 4.79 Å². The molecule has 0 unspecified atom stereocenters. The van der Waals surface area contributed by atoms with E-state index in [0.29, 0.717) is 12.1 Å². The van der Waals surface area contributed by atoms with Gasteiger partial charge in [-0.25, -0.2) is 0 Å². The van der Waals surface area contributed by atoms with Crippen LogP contribution in [-0.2, 0) is 4.79 Å². The third-order valence-electron chi connectivity index (χ3n) is 3.52. The van der Waals surface area contributed by atoms with Crippen LogP contribution >= 0.6 is 0 Å². The lowest BCUT2D eigenvalue weighted by atomic mass is 10.0. The molecule has 2 rings (SSSR count). The third kappa shape index (κ3) is 4.04. The summed E-state index contributed by atoms with van der Waals surface area (Å²) in [4.78, 5) is 12.3. The van der Waals surface area contributed by atoms with Crippen molar-refractivity contribution in [3.05, 3.63) is 30.3 Å². The SMILES string of the molecule is CC(C)[C@H](NC[C@@H]1N[C@H]1C)C(=O)Nc1ccccc1. The van der Waals surface area contributed by atoms with Crippen LogP contribution in [0.2, 0.25) is 0 Å². The summed E-state index contributed by atoms with van der Waals surface area (Å²) in [7, 11) is 0. The highest BCUT2D eigenvalue weighted by molar-refractivity contribution is 5.94. The van der Waals surface area contributed by atoms with Gasteiger partial charge in [-0.15, -0.1) is 0 Å². The molecule has 1 amide bonds. The standard InChI is InChI=1S/C15H23N3O/c1-10(2)14(16-9-13-11(3)17-13)15(19)18-12-7-5-4-6-8-12/h4-8,10-11,13-14,16-17H,9H2,1-3H3,(H,18,19)/t11-,13-,14-/m0/s1. The Balaban J connectivity index is 1.88. The topological polar surface area (TPSA) is 63.1 Å². The fourth-order valence-corrected chi connectivity index (χ4v) is 2.14. The van der Waals surface area contributed by atoms with Crippen LogP contribution in [0.15, 0.2) is 30.3 Å². The van der Waals surface area contributed by atoms with Gasteiger partial charge < -0.3 is 16.0 Å². The van der Waals surface area contributed by atoms with E-state index in [0.717, 1.165) is 12.2 Å². The van der Waals surface area contributed by atoms with Crippen molar-refractivity contribution in [3.8, 4) is 0 Å². The van der Waals surface area contributed by atoms with E-state index in [9.17, 15) is 4.79 Å². The molecule has 1 fully saturated rings. The summed E-state index contributed by atoms with van der Waals surface area (Å²) >= 11 is 0. The second-order valence-corrected chi connectivity index (χ2v) is 5.55. The number of anilines is 1. The molecular formula is C15H23N3O. The molecule has 0 spiro atoms. The van der Waals surface area contributed by atoms with Gasteiger partial charge in [0.1, 0.15) is 0 Å². The maximum Gasteiger partial charge on any atom is 0.241 e. The number of rotatable bonds is 6. The van der Waals surface area contributed by atoms with E-state index in [1.54, 1.807) is 0 Å². The molecule has 0 aliphatic carbocycles. The fraction of sp³-hybridized carbons (Fsp3) is 0.533. The van der Waals surface area contributed by atoms with Crippen molar-refractivity contribution in [2.45, 2.75) is 38.9 Å². The molecule has 19 heavy (non-hydrogen) atoms. The van der Waals surface area contributed by atoms with E-state index >= 15 is 0 Å². The van der Waals surface area contributed by atoms with Gasteiger partial charge >= 0.3 is 0 Å². The first-order valence-electron chi connectivity index (χ1n) is 6.93. The van der Waals surface area contributed by atoms with Crippen LogP contribution in [0.25, 0.3) is 0 Å². The monoisotopic (exact) mass is 261 g/mol. The van der Waals surface area contributed by atoms with Crippen LogP contribution in [0.1, 0.15) is 20.8 Å². The number of carbonyl (C=O) groups is 1. The molecule has 1 aliphatic heterocycles. The molecule has 0 saturated carbocycles. The van der Waals surface area contributed by atoms with Crippen molar-refractivity contribution in [2.24, 2.45) is 5.92 Å². The van der Waals surface area contributed by atoms with Crippen molar-refractivity contribution in [3.63, 3.8) is 0 Å². The minimum absolute atomic E-state index is 0.0366. The third-order valence-corrected chi connectivity index (χ3v) is 3.52. The molecule has 1 aromatic carbocycles. The van der Waals surface area contributed by atoms with E-state index < -0.39 is 0 Å². The highest BCUT2D eigenvalue weighted by Gasteiger charge is 2.32. The summed E-state index contributed by atoms with van der Waals surface area (Å²) in [5.74, 6) is 0.298. The molecule has 0 radical (unpaired) electrons. The molecule has 4 heteroatoms. The largest absolute Gasteiger partial charge is 0.325 e. The zero-order chi connectivity index (χ0) is 13.8. The fourth-order valence-electron chi connectivity index (χ4n) is 2.14. The maximum atomic E-state index is 12.3. The Labute approximate surface area is 115 Å². The van der Waals surface area contributed by atoms with Gasteiger partial charge in [-0.1, -0.05) is 32.0 Å². The molecule has 1 heterocycles. The normalized spacial score (nSPS) is 23.2. The lowest BCUT2D eigenvalue weighted by Gasteiger charge is -2.21. The summed E-state index contributed by atoms with van der Waals surface area (Å²) in [5.41, 5.74) is 0.845. The number of hydrogen-bond donors (Lipinski definition) is 3. The summed E-state index contributed by atoms with van der Waals surface area (Å²) < 4.78 is 0. The van der Waals surface area contributed by atoms with Gasteiger partial charge in [0.15, 0.2) is 0 Å². The van der Waals surface area contributed by atoms with Gasteiger partial charge in [-0.2, -0.15) is 0 Å². The van der Waals surface area contributed by atoms with E-state index in [1.165, 1.54) is 0 Å². The van der Waals surface area contributed by atoms with Gasteiger partial charge in [-0.3, -0.25) is 4.79 Å². The average Bonchev–Trinajstić information content (AvgIpc) is 3.06. The van der Waals surface area contributed by atoms with Crippen LogP contribution in [0.5, 0.6) is 0 Å². The predicted molar refractivity (Wildman–Crippen MR) is 78.1 cm³/mol. The van der Waals surface area contributed by atoms with E-state index in [2.05, 4.69) is 36.7 Å². The Morgan fingerprint density at radius 2 is 1.95 bits per heavy atom. The average molecular weight is 261 g/mol. The van der Waals surface area contributed by atoms with Crippen LogP contribution in [0.4, 0.5) is 5.69 Å². The van der Waals surface area contributed by atoms with Gasteiger partial charge in [0.05, 0.1) is 6.04 Å². The molecule has 1 saturated heterocycles. The molecule has 1 aliphatic rings. The van der Waals surface area contributed by atoms with Crippen molar-refractivity contribution in [1.29, 1.82) is 0 Å². The van der Waals surface area contributed by atoms with Crippen molar-refractivity contribution >= 4 is 11.6 Å². The lowest BCUT2D eigenvalue weighted by Crippen LogP contribution is -2.46. The Morgan fingerprint density at radius 3 is 2.47 bits per heavy atom. The molecule has 4 nitrogen and oxygen atoms in total. The van der Waals surface area contributed by atoms with Gasteiger partial charge in [0, 0.05) is 24.3 Å². The predicted octanol–water partition coefficient (Wildman–Crippen LogP) is 1.60. The van der Waals surface area contributed by atoms with Gasteiger partial charge in [0.25, 0.3) is 0 Å². The van der Waals surface area contributed by atoms with E-state index in [-0.39, 0.29) is 17.9 Å². The highest BCUT2D eigenvalue weighted by atomic mass is 16.2. The smallest absolute Gasteiger partial charge is 0.241 e. The Hall–Kier alpha value is -1.39. The molecule has 3 atom stereocenters. The summed E-state index contributed by atoms with van der Waals surface area (Å²) in [6, 6.07) is 10.5. The van der Waals surface area contributed by atoms with Crippen molar-refractivity contribution in [2.75, 3.05) is 11.9 Å². The Kier molecular flexibility index (Phi) is 4.56. The zero-order valence-electron chi connectivity index (χ0n) is 11.8. The second-order valence-electron chi connectivity index (χ2n) is 5.55. The number of carbonyl (C=O) groups excluding carboxylic acids is 1. The highest BCUT2D eigenvalue weighted by Crippen LogP contribution is 2.12. The second kappa shape index (κ2) is 6.17. The number of nitrogens with one attached hydrogen (secondary N) is 3. The number of hydrogen-bond acceptors (Lipinski definition) is 3. The summed E-state index contributed by atoms with van der Waals surface area (Å²) in [6.45, 7) is 7.12. The minimum Gasteiger partial charge on any atom is -0.325 e. The molecule has 0 bridgehead atoms. The molecule has 1 aromatic rings. The molecular weight excluding hydrogens is 238 g/mol.